The lowest BCUT2D eigenvalue weighted by atomic mass is 9.79. The van der Waals surface area contributed by atoms with Gasteiger partial charge in [-0.3, -0.25) is 13.9 Å². The Labute approximate surface area is 222 Å². The number of hydrogen-bond donors (Lipinski definition) is 4. The summed E-state index contributed by atoms with van der Waals surface area (Å²) in [4.78, 5) is 15.2. The molecule has 4 N–H and O–H groups in total. The summed E-state index contributed by atoms with van der Waals surface area (Å²) in [6, 6.07) is 13.5. The third-order valence-electron chi connectivity index (χ3n) is 7.16. The minimum absolute atomic E-state index is 0.213. The van der Waals surface area contributed by atoms with E-state index in [2.05, 4.69) is 42.3 Å². The number of rotatable bonds is 12. The zero-order chi connectivity index (χ0) is 26.3. The fourth-order valence-electron chi connectivity index (χ4n) is 5.08. The number of fused-ring (bicyclic) bond motifs is 1. The first-order valence-electron chi connectivity index (χ1n) is 12.9. The number of benzene rings is 2. The van der Waals surface area contributed by atoms with Crippen LogP contribution in [0.25, 0.3) is 0 Å². The third kappa shape index (κ3) is 6.78. The lowest BCUT2D eigenvalue weighted by Gasteiger charge is -2.42. The van der Waals surface area contributed by atoms with Crippen molar-refractivity contribution in [2.75, 3.05) is 23.5 Å². The molecule has 6 nitrogen and oxygen atoms in total. The number of carboxylic acids is 1. The van der Waals surface area contributed by atoms with Gasteiger partial charge in [-0.1, -0.05) is 57.7 Å². The van der Waals surface area contributed by atoms with Gasteiger partial charge >= 0.3 is 5.97 Å². The summed E-state index contributed by atoms with van der Waals surface area (Å²) in [5.41, 5.74) is 2.56. The van der Waals surface area contributed by atoms with Gasteiger partial charge in [0.25, 0.3) is 0 Å². The van der Waals surface area contributed by atoms with Crippen molar-refractivity contribution in [3.05, 3.63) is 48.0 Å². The molecule has 1 atom stereocenters. The van der Waals surface area contributed by atoms with Crippen LogP contribution in [0.15, 0.2) is 52.3 Å². The molecule has 1 heterocycles. The predicted molar refractivity (Wildman–Crippen MR) is 153 cm³/mol. The van der Waals surface area contributed by atoms with Gasteiger partial charge in [0.05, 0.1) is 10.6 Å². The van der Waals surface area contributed by atoms with E-state index in [9.17, 15) is 19.0 Å². The molecular formula is C28H42N2O4S2. The highest BCUT2D eigenvalue weighted by Gasteiger charge is 2.42. The normalized spacial score (nSPS) is 18.2. The molecule has 36 heavy (non-hydrogen) atoms. The molecule has 200 valence electrons. The summed E-state index contributed by atoms with van der Waals surface area (Å²) in [7, 11) is -3.09. The third-order valence-corrected chi connectivity index (χ3v) is 10.0. The molecule has 0 aromatic heterocycles. The standard InChI is InChI=1S/C28H42N2O4S2/c1-5-7-14-28(15-8-6-2)19-30(23-12-10-9-11-13-23)24-17-25(35-4)22(18-29-21(3)27(31)32)16-26(24)36(33,34)20-28/h9-13,16-17,21,29,33-34H,5-8,14-15,18-20H2,1-4H3,(H,31,32)/t21-/m1/s1. The number of unbranched alkanes of at least 4 members (excludes halogenated alkanes) is 2. The predicted octanol–water partition coefficient (Wildman–Crippen LogP) is 7.60. The van der Waals surface area contributed by atoms with E-state index in [0.717, 1.165) is 66.9 Å². The maximum absolute atomic E-state index is 11.8. The molecular weight excluding hydrogens is 492 g/mol. The van der Waals surface area contributed by atoms with Gasteiger partial charge in [0.1, 0.15) is 6.04 Å². The average molecular weight is 535 g/mol. The number of anilines is 2. The van der Waals surface area contributed by atoms with E-state index >= 15 is 0 Å². The first-order valence-corrected chi connectivity index (χ1v) is 15.9. The number of carbonyl (C=O) groups is 1. The molecule has 0 unspecified atom stereocenters. The second-order valence-electron chi connectivity index (χ2n) is 10.0. The SMILES string of the molecule is CCCCC1(CCCC)CN(c2ccccc2)c2cc(SC)c(CN[C@H](C)C(=O)O)cc2S(O)(O)C1. The summed E-state index contributed by atoms with van der Waals surface area (Å²) in [6.07, 6.45) is 8.15. The maximum atomic E-state index is 11.8. The smallest absolute Gasteiger partial charge is 0.320 e. The van der Waals surface area contributed by atoms with Crippen LogP contribution in [0.2, 0.25) is 0 Å². The van der Waals surface area contributed by atoms with Crippen molar-refractivity contribution >= 4 is 39.7 Å². The van der Waals surface area contributed by atoms with Crippen LogP contribution >= 0.6 is 22.4 Å². The lowest BCUT2D eigenvalue weighted by Crippen LogP contribution is -2.37. The van der Waals surface area contributed by atoms with Crippen molar-refractivity contribution in [2.24, 2.45) is 5.41 Å². The van der Waals surface area contributed by atoms with Crippen molar-refractivity contribution < 1.29 is 19.0 Å². The zero-order valence-corrected chi connectivity index (χ0v) is 23.6. The molecule has 0 saturated carbocycles. The van der Waals surface area contributed by atoms with E-state index in [-0.39, 0.29) is 5.41 Å². The number of aliphatic carboxylic acids is 1. The van der Waals surface area contributed by atoms with Gasteiger partial charge in [0.2, 0.25) is 0 Å². The first-order chi connectivity index (χ1) is 17.2. The van der Waals surface area contributed by atoms with Crippen LogP contribution < -0.4 is 10.2 Å². The van der Waals surface area contributed by atoms with Crippen molar-refractivity contribution in [1.82, 2.24) is 5.32 Å². The van der Waals surface area contributed by atoms with Crippen molar-refractivity contribution in [3.63, 3.8) is 0 Å². The zero-order valence-electron chi connectivity index (χ0n) is 22.0. The quantitative estimate of drug-likeness (QED) is 0.208. The van der Waals surface area contributed by atoms with Gasteiger partial charge in [0, 0.05) is 34.8 Å². The van der Waals surface area contributed by atoms with E-state index in [4.69, 9.17) is 0 Å². The van der Waals surface area contributed by atoms with Gasteiger partial charge in [-0.05, 0) is 55.9 Å². The van der Waals surface area contributed by atoms with Crippen LogP contribution in [0.4, 0.5) is 11.4 Å². The summed E-state index contributed by atoms with van der Waals surface area (Å²) in [5, 5.41) is 12.4. The minimum atomic E-state index is -3.09. The largest absolute Gasteiger partial charge is 0.480 e. The molecule has 1 aliphatic rings. The fraction of sp³-hybridized carbons (Fsp3) is 0.536. The molecule has 0 fully saturated rings. The van der Waals surface area contributed by atoms with Crippen LogP contribution in [0.1, 0.15) is 64.9 Å². The Bertz CT molecular complexity index is 1010. The van der Waals surface area contributed by atoms with Gasteiger partial charge in [-0.25, -0.2) is 0 Å². The fourth-order valence-corrected chi connectivity index (χ4v) is 7.93. The minimum Gasteiger partial charge on any atom is -0.480 e. The molecule has 2 aromatic carbocycles. The van der Waals surface area contributed by atoms with E-state index in [1.165, 1.54) is 0 Å². The summed E-state index contributed by atoms with van der Waals surface area (Å²) in [5.74, 6) is -0.556. The first kappa shape index (κ1) is 28.9. The monoisotopic (exact) mass is 534 g/mol. The van der Waals surface area contributed by atoms with Crippen LogP contribution in [-0.2, 0) is 11.3 Å². The van der Waals surface area contributed by atoms with E-state index in [1.807, 2.05) is 30.5 Å². The number of para-hydroxylation sites is 1. The number of carboxylic acid groups (broad SMARTS) is 1. The number of nitrogens with zero attached hydrogens (tertiary/aromatic N) is 1. The number of thioether (sulfide) groups is 1. The van der Waals surface area contributed by atoms with Crippen LogP contribution in [0.3, 0.4) is 0 Å². The molecule has 0 saturated heterocycles. The van der Waals surface area contributed by atoms with Gasteiger partial charge < -0.3 is 15.3 Å². The molecule has 0 amide bonds. The van der Waals surface area contributed by atoms with Gasteiger partial charge in [-0.15, -0.1) is 11.8 Å². The molecule has 0 aliphatic carbocycles. The second kappa shape index (κ2) is 12.7. The topological polar surface area (TPSA) is 93.0 Å². The van der Waals surface area contributed by atoms with Crippen LogP contribution in [-0.4, -0.2) is 44.8 Å². The molecule has 8 heteroatoms. The highest BCUT2D eigenvalue weighted by molar-refractivity contribution is 8.24. The Balaban J connectivity index is 2.17. The number of nitrogens with one attached hydrogen (secondary N) is 1. The molecule has 0 radical (unpaired) electrons. The Morgan fingerprint density at radius 1 is 1.14 bits per heavy atom. The highest BCUT2D eigenvalue weighted by Crippen LogP contribution is 2.61. The summed E-state index contributed by atoms with van der Waals surface area (Å²) in [6.45, 7) is 7.07. The van der Waals surface area contributed by atoms with E-state index in [1.54, 1.807) is 18.7 Å². The van der Waals surface area contributed by atoms with Crippen LogP contribution in [0.5, 0.6) is 0 Å². The van der Waals surface area contributed by atoms with Gasteiger partial charge in [-0.2, -0.15) is 10.6 Å². The van der Waals surface area contributed by atoms with Gasteiger partial charge in [0.15, 0.2) is 0 Å². The highest BCUT2D eigenvalue weighted by atomic mass is 32.3. The molecule has 0 spiro atoms. The second-order valence-corrected chi connectivity index (χ2v) is 12.9. The average Bonchev–Trinajstić information content (AvgIpc) is 2.96. The Morgan fingerprint density at radius 2 is 1.78 bits per heavy atom. The Morgan fingerprint density at radius 3 is 2.33 bits per heavy atom. The molecule has 3 rings (SSSR count). The maximum Gasteiger partial charge on any atom is 0.320 e. The number of hydrogen-bond acceptors (Lipinski definition) is 6. The Kier molecular flexibility index (Phi) is 10.2. The molecule has 0 bridgehead atoms. The van der Waals surface area contributed by atoms with Crippen molar-refractivity contribution in [1.29, 1.82) is 0 Å². The van der Waals surface area contributed by atoms with Crippen LogP contribution in [0, 0.1) is 5.41 Å². The summed E-state index contributed by atoms with van der Waals surface area (Å²) < 4.78 is 23.5. The summed E-state index contributed by atoms with van der Waals surface area (Å²) >= 11 is 1.59. The molecule has 2 aromatic rings. The lowest BCUT2D eigenvalue weighted by molar-refractivity contribution is -0.139. The molecule has 1 aliphatic heterocycles. The van der Waals surface area contributed by atoms with Crippen molar-refractivity contribution in [2.45, 2.75) is 81.7 Å². The van der Waals surface area contributed by atoms with E-state index in [0.29, 0.717) is 17.2 Å². The van der Waals surface area contributed by atoms with E-state index < -0.39 is 22.6 Å². The Hall–Kier alpha value is -1.71. The van der Waals surface area contributed by atoms with Crippen molar-refractivity contribution in [3.8, 4) is 0 Å².